The molecule has 2 aromatic rings. The topological polar surface area (TPSA) is 111 Å². The van der Waals surface area contributed by atoms with E-state index in [2.05, 4.69) is 16.0 Å². The van der Waals surface area contributed by atoms with Gasteiger partial charge in [0, 0.05) is 11.4 Å². The molecule has 1 aromatic heterocycles. The van der Waals surface area contributed by atoms with Crippen molar-refractivity contribution < 1.29 is 19.5 Å². The van der Waals surface area contributed by atoms with E-state index in [0.29, 0.717) is 15.7 Å². The zero-order valence-electron chi connectivity index (χ0n) is 17.8. The molecule has 1 atom stereocenters. The molecule has 2 heterocycles. The predicted molar refractivity (Wildman–Crippen MR) is 127 cm³/mol. The van der Waals surface area contributed by atoms with Gasteiger partial charge in [-0.15, -0.1) is 11.3 Å². The predicted octanol–water partition coefficient (Wildman–Crippen LogP) is 3.93. The lowest BCUT2D eigenvalue weighted by Gasteiger charge is -2.32. The molecule has 32 heavy (non-hydrogen) atoms. The van der Waals surface area contributed by atoms with Gasteiger partial charge in [-0.3, -0.25) is 14.9 Å². The third-order valence-corrected chi connectivity index (χ3v) is 7.07. The molecule has 0 saturated carbocycles. The quantitative estimate of drug-likeness (QED) is 0.511. The van der Waals surface area contributed by atoms with Crippen LogP contribution in [0.5, 0.6) is 0 Å². The Labute approximate surface area is 199 Å². The van der Waals surface area contributed by atoms with E-state index < -0.39 is 18.0 Å². The van der Waals surface area contributed by atoms with Crippen molar-refractivity contribution in [2.45, 2.75) is 32.2 Å². The second-order valence-corrected chi connectivity index (χ2v) is 10.3. The van der Waals surface area contributed by atoms with Crippen molar-refractivity contribution >= 4 is 63.1 Å². The summed E-state index contributed by atoms with van der Waals surface area (Å²) in [6.45, 7) is 5.77. The van der Waals surface area contributed by atoms with Gasteiger partial charge >= 0.3 is 6.03 Å². The van der Waals surface area contributed by atoms with Crippen LogP contribution in [0, 0.1) is 0 Å². The molecule has 1 aliphatic heterocycles. The third kappa shape index (κ3) is 5.53. The summed E-state index contributed by atoms with van der Waals surface area (Å²) in [5.74, 6) is -0.751. The van der Waals surface area contributed by atoms with Crippen LogP contribution >= 0.6 is 34.5 Å². The van der Waals surface area contributed by atoms with Gasteiger partial charge in [0.15, 0.2) is 0 Å². The Balaban J connectivity index is 1.87. The first-order chi connectivity index (χ1) is 15.0. The van der Waals surface area contributed by atoms with Crippen molar-refractivity contribution in [3.05, 3.63) is 44.8 Å². The van der Waals surface area contributed by atoms with Gasteiger partial charge in [0.2, 0.25) is 5.91 Å². The molecule has 1 fully saturated rings. The number of rotatable bonds is 4. The molecule has 0 radical (unpaired) electrons. The normalized spacial score (nSPS) is 16.5. The zero-order chi connectivity index (χ0) is 23.6. The van der Waals surface area contributed by atoms with Crippen molar-refractivity contribution in [2.24, 2.45) is 0 Å². The number of anilines is 2. The first-order valence-electron chi connectivity index (χ1n) is 9.85. The number of hydrogen-bond acceptors (Lipinski definition) is 5. The maximum absolute atomic E-state index is 13.3. The van der Waals surface area contributed by atoms with Gasteiger partial charge in [0.1, 0.15) is 5.00 Å². The fourth-order valence-electron chi connectivity index (χ4n) is 3.12. The van der Waals surface area contributed by atoms with Gasteiger partial charge in [-0.05, 0) is 23.6 Å². The number of aliphatic hydroxyl groups excluding tert-OH is 1. The lowest BCUT2D eigenvalue weighted by Crippen LogP contribution is -2.57. The van der Waals surface area contributed by atoms with E-state index in [1.54, 1.807) is 24.3 Å². The first kappa shape index (κ1) is 24.3. The van der Waals surface area contributed by atoms with Gasteiger partial charge in [0.05, 0.1) is 40.5 Å². The summed E-state index contributed by atoms with van der Waals surface area (Å²) in [7, 11) is 0. The molecule has 3 rings (SSSR count). The maximum Gasteiger partial charge on any atom is 0.324 e. The monoisotopic (exact) mass is 498 g/mol. The highest BCUT2D eigenvalue weighted by molar-refractivity contribution is 7.16. The minimum absolute atomic E-state index is 0.125. The number of nitrogens with zero attached hydrogens (tertiary/aromatic N) is 1. The van der Waals surface area contributed by atoms with E-state index in [4.69, 9.17) is 23.2 Å². The lowest BCUT2D eigenvalue weighted by atomic mass is 9.94. The molecule has 11 heteroatoms. The Bertz CT molecular complexity index is 1050. The smallest absolute Gasteiger partial charge is 0.324 e. The highest BCUT2D eigenvalue weighted by Gasteiger charge is 2.32. The second-order valence-electron chi connectivity index (χ2n) is 8.42. The number of aliphatic hydroxyl groups is 1. The molecule has 8 nitrogen and oxygen atoms in total. The molecule has 4 N–H and O–H groups in total. The fraction of sp³-hybridized carbons (Fsp3) is 0.381. The van der Waals surface area contributed by atoms with Crippen molar-refractivity contribution in [1.29, 1.82) is 0 Å². The number of nitrogens with one attached hydrogen (secondary N) is 3. The number of halogens is 2. The van der Waals surface area contributed by atoms with Crippen LogP contribution in [0.4, 0.5) is 15.5 Å². The van der Waals surface area contributed by atoms with E-state index in [1.165, 1.54) is 16.2 Å². The van der Waals surface area contributed by atoms with Crippen LogP contribution in [0.25, 0.3) is 0 Å². The molecule has 1 aromatic carbocycles. The standard InChI is InChI=1S/C21H24Cl2N4O4S/c1-21(2,3)15-7-12(19(30)27-8-11(10-28)24-16(29)9-27)18(32-15)26-20(31)25-14-6-4-5-13(22)17(14)23/h4-7,11,28H,8-10H2,1-3H3,(H,24,29)(H2,25,26,31). The van der Waals surface area contributed by atoms with Crippen LogP contribution in [0.3, 0.4) is 0 Å². The molecular formula is C21H24Cl2N4O4S. The van der Waals surface area contributed by atoms with Gasteiger partial charge < -0.3 is 20.6 Å². The Morgan fingerprint density at radius 2 is 2.00 bits per heavy atom. The number of amides is 4. The Hall–Kier alpha value is -2.33. The number of carbonyl (C=O) groups is 3. The summed E-state index contributed by atoms with van der Waals surface area (Å²) in [5, 5.41) is 18.3. The molecule has 1 saturated heterocycles. The van der Waals surface area contributed by atoms with E-state index in [1.807, 2.05) is 20.8 Å². The Morgan fingerprint density at radius 3 is 2.66 bits per heavy atom. The number of urea groups is 1. The summed E-state index contributed by atoms with van der Waals surface area (Å²) < 4.78 is 0. The zero-order valence-corrected chi connectivity index (χ0v) is 20.1. The fourth-order valence-corrected chi connectivity index (χ4v) is 4.57. The molecule has 1 aliphatic rings. The lowest BCUT2D eigenvalue weighted by molar-refractivity contribution is -0.125. The minimum atomic E-state index is -0.588. The third-order valence-electron chi connectivity index (χ3n) is 4.78. The van der Waals surface area contributed by atoms with Crippen molar-refractivity contribution in [3.8, 4) is 0 Å². The molecule has 0 bridgehead atoms. The van der Waals surface area contributed by atoms with Crippen LogP contribution < -0.4 is 16.0 Å². The van der Waals surface area contributed by atoms with Crippen LogP contribution in [-0.2, 0) is 10.2 Å². The van der Waals surface area contributed by atoms with Crippen molar-refractivity contribution in [3.63, 3.8) is 0 Å². The number of thiophene rings is 1. The summed E-state index contributed by atoms with van der Waals surface area (Å²) in [6.07, 6.45) is 0. The molecule has 0 aliphatic carbocycles. The number of hydrogen-bond donors (Lipinski definition) is 4. The van der Waals surface area contributed by atoms with Gasteiger partial charge in [-0.1, -0.05) is 50.0 Å². The van der Waals surface area contributed by atoms with E-state index >= 15 is 0 Å². The summed E-state index contributed by atoms with van der Waals surface area (Å²) in [6, 6.07) is 5.47. The number of carbonyl (C=O) groups excluding carboxylic acids is 3. The summed E-state index contributed by atoms with van der Waals surface area (Å²) >= 11 is 13.4. The van der Waals surface area contributed by atoms with Crippen LogP contribution in [0.15, 0.2) is 24.3 Å². The minimum Gasteiger partial charge on any atom is -0.394 e. The largest absolute Gasteiger partial charge is 0.394 e. The average Bonchev–Trinajstić information content (AvgIpc) is 3.14. The van der Waals surface area contributed by atoms with Gasteiger partial charge in [-0.25, -0.2) is 4.79 Å². The molecule has 4 amide bonds. The number of benzene rings is 1. The first-order valence-corrected chi connectivity index (χ1v) is 11.4. The van der Waals surface area contributed by atoms with E-state index in [0.717, 1.165) is 4.88 Å². The van der Waals surface area contributed by atoms with Gasteiger partial charge in [-0.2, -0.15) is 0 Å². The number of piperazine rings is 1. The van der Waals surface area contributed by atoms with Crippen molar-refractivity contribution in [2.75, 3.05) is 30.3 Å². The summed E-state index contributed by atoms with van der Waals surface area (Å²) in [5.41, 5.74) is 0.341. The van der Waals surface area contributed by atoms with Gasteiger partial charge in [0.25, 0.3) is 5.91 Å². The molecular weight excluding hydrogens is 475 g/mol. The van der Waals surface area contributed by atoms with E-state index in [9.17, 15) is 19.5 Å². The molecule has 0 spiro atoms. The van der Waals surface area contributed by atoms with Crippen LogP contribution in [0.2, 0.25) is 10.0 Å². The van der Waals surface area contributed by atoms with E-state index in [-0.39, 0.29) is 41.6 Å². The Kier molecular flexibility index (Phi) is 7.34. The Morgan fingerprint density at radius 1 is 1.28 bits per heavy atom. The average molecular weight is 499 g/mol. The SMILES string of the molecule is CC(C)(C)c1cc(C(=O)N2CC(=O)NC(CO)C2)c(NC(=O)Nc2cccc(Cl)c2Cl)s1. The molecule has 172 valence electrons. The highest BCUT2D eigenvalue weighted by Crippen LogP contribution is 2.37. The van der Waals surface area contributed by atoms with Crippen molar-refractivity contribution in [1.82, 2.24) is 10.2 Å². The maximum atomic E-state index is 13.3. The second kappa shape index (κ2) is 9.66. The summed E-state index contributed by atoms with van der Waals surface area (Å²) in [4.78, 5) is 40.1. The van der Waals surface area contributed by atoms with Crippen LogP contribution in [0.1, 0.15) is 36.0 Å². The molecule has 1 unspecified atom stereocenters. The van der Waals surface area contributed by atoms with Crippen LogP contribution in [-0.4, -0.2) is 53.6 Å². The highest BCUT2D eigenvalue weighted by atomic mass is 35.5.